The molecule has 0 aliphatic carbocycles. The van der Waals surface area contributed by atoms with Crippen molar-refractivity contribution < 1.29 is 4.39 Å². The van der Waals surface area contributed by atoms with Crippen molar-refractivity contribution in [2.24, 2.45) is 4.99 Å². The van der Waals surface area contributed by atoms with Crippen molar-refractivity contribution in [3.05, 3.63) is 46.7 Å². The van der Waals surface area contributed by atoms with Crippen molar-refractivity contribution in [3.8, 4) is 0 Å². The maximum absolute atomic E-state index is 13.4. The Kier molecular flexibility index (Phi) is 3.69. The number of rotatable bonds is 2. The van der Waals surface area contributed by atoms with Gasteiger partial charge in [-0.2, -0.15) is 0 Å². The fourth-order valence-corrected chi connectivity index (χ4v) is 2.49. The van der Waals surface area contributed by atoms with Crippen LogP contribution in [-0.4, -0.2) is 16.3 Å². The fourth-order valence-electron chi connectivity index (χ4n) is 1.16. The molecule has 0 radical (unpaired) electrons. The maximum atomic E-state index is 13.4. The van der Waals surface area contributed by atoms with Gasteiger partial charge in [-0.15, -0.1) is 23.1 Å². The lowest BCUT2D eigenvalue weighted by Gasteiger charge is -2.00. The molecule has 0 aliphatic heterocycles. The van der Waals surface area contributed by atoms with Crippen LogP contribution in [0.4, 0.5) is 10.1 Å². The van der Waals surface area contributed by atoms with E-state index < -0.39 is 0 Å². The minimum atomic E-state index is -0.314. The van der Waals surface area contributed by atoms with E-state index in [-0.39, 0.29) is 5.82 Å². The minimum Gasteiger partial charge on any atom is -0.242 e. The van der Waals surface area contributed by atoms with Crippen LogP contribution in [0.15, 0.2) is 40.8 Å². The van der Waals surface area contributed by atoms with E-state index >= 15 is 0 Å². The Morgan fingerprint density at radius 2 is 2.25 bits per heavy atom. The highest BCUT2D eigenvalue weighted by molar-refractivity contribution is 8.14. The lowest BCUT2D eigenvalue weighted by atomic mass is 10.3. The van der Waals surface area contributed by atoms with E-state index in [0.717, 1.165) is 10.1 Å². The molecule has 1 aromatic carbocycles. The third-order valence-electron chi connectivity index (χ3n) is 1.88. The van der Waals surface area contributed by atoms with Crippen LogP contribution in [0, 0.1) is 5.82 Å². The summed E-state index contributed by atoms with van der Waals surface area (Å²) in [5.41, 5.74) is 0.349. The number of thioether (sulfide) groups is 1. The van der Waals surface area contributed by atoms with Gasteiger partial charge < -0.3 is 0 Å². The van der Waals surface area contributed by atoms with Crippen LogP contribution >= 0.6 is 23.1 Å². The molecule has 0 saturated carbocycles. The number of thiazole rings is 1. The Labute approximate surface area is 101 Å². The first kappa shape index (κ1) is 11.3. The van der Waals surface area contributed by atoms with Crippen molar-refractivity contribution in [1.29, 1.82) is 0 Å². The van der Waals surface area contributed by atoms with Gasteiger partial charge in [0.25, 0.3) is 0 Å². The molecule has 2 aromatic rings. The zero-order valence-corrected chi connectivity index (χ0v) is 10.2. The van der Waals surface area contributed by atoms with Crippen LogP contribution < -0.4 is 0 Å². The molecule has 2 nitrogen and oxygen atoms in total. The molecule has 0 spiro atoms. The van der Waals surface area contributed by atoms with Gasteiger partial charge in [0.2, 0.25) is 0 Å². The van der Waals surface area contributed by atoms with Crippen LogP contribution in [-0.2, 0) is 0 Å². The van der Waals surface area contributed by atoms with E-state index in [9.17, 15) is 4.39 Å². The highest BCUT2D eigenvalue weighted by Gasteiger charge is 2.06. The first-order chi connectivity index (χ1) is 7.81. The highest BCUT2D eigenvalue weighted by atomic mass is 32.2. The molecular formula is C11H9FN2S2. The topological polar surface area (TPSA) is 25.2 Å². The number of halogens is 1. The van der Waals surface area contributed by atoms with E-state index in [1.807, 2.05) is 11.6 Å². The van der Waals surface area contributed by atoms with E-state index in [1.54, 1.807) is 24.4 Å². The van der Waals surface area contributed by atoms with E-state index in [2.05, 4.69) is 9.98 Å². The lowest BCUT2D eigenvalue weighted by Crippen LogP contribution is -1.93. The standard InChI is InChI=1S/C11H9FN2S2/c1-15-11(10-13-6-7-16-10)14-9-5-3-2-4-8(9)12/h2-7H,1H3. The predicted molar refractivity (Wildman–Crippen MR) is 68.2 cm³/mol. The normalized spacial score (nSPS) is 11.8. The number of aliphatic imine (C=N–C) groups is 1. The molecule has 0 unspecified atom stereocenters. The first-order valence-corrected chi connectivity index (χ1v) is 6.69. The molecule has 0 atom stereocenters. The monoisotopic (exact) mass is 252 g/mol. The van der Waals surface area contributed by atoms with Gasteiger partial charge in [-0.3, -0.25) is 0 Å². The number of hydrogen-bond acceptors (Lipinski definition) is 4. The summed E-state index contributed by atoms with van der Waals surface area (Å²) in [5.74, 6) is -0.314. The molecule has 0 saturated heterocycles. The van der Waals surface area contributed by atoms with Crippen LogP contribution in [0.1, 0.15) is 5.01 Å². The number of nitrogens with zero attached hydrogens (tertiary/aromatic N) is 2. The number of hydrogen-bond donors (Lipinski definition) is 0. The SMILES string of the molecule is CSC(=Nc1ccccc1F)c1nccs1. The van der Waals surface area contributed by atoms with Gasteiger partial charge in [0.05, 0.1) is 0 Å². The Morgan fingerprint density at radius 1 is 1.44 bits per heavy atom. The minimum absolute atomic E-state index is 0.314. The second-order valence-corrected chi connectivity index (χ2v) is 4.60. The molecule has 82 valence electrons. The smallest absolute Gasteiger partial charge is 0.148 e. The number of aromatic nitrogens is 1. The van der Waals surface area contributed by atoms with Gasteiger partial charge in [0.15, 0.2) is 0 Å². The van der Waals surface area contributed by atoms with Crippen molar-refractivity contribution in [2.45, 2.75) is 0 Å². The average molecular weight is 252 g/mol. The van der Waals surface area contributed by atoms with Crippen LogP contribution in [0.5, 0.6) is 0 Å². The second kappa shape index (κ2) is 5.23. The number of para-hydroxylation sites is 1. The summed E-state index contributed by atoms with van der Waals surface area (Å²) >= 11 is 2.96. The molecule has 0 fully saturated rings. The lowest BCUT2D eigenvalue weighted by molar-refractivity contribution is 0.630. The third kappa shape index (κ3) is 2.48. The summed E-state index contributed by atoms with van der Waals surface area (Å²) in [6, 6.07) is 6.47. The van der Waals surface area contributed by atoms with Gasteiger partial charge in [-0.05, 0) is 18.4 Å². The van der Waals surface area contributed by atoms with Crippen molar-refractivity contribution >= 4 is 33.8 Å². The summed E-state index contributed by atoms with van der Waals surface area (Å²) in [7, 11) is 0. The Balaban J connectivity index is 2.39. The van der Waals surface area contributed by atoms with Gasteiger partial charge in [0, 0.05) is 11.6 Å². The van der Waals surface area contributed by atoms with E-state index in [0.29, 0.717) is 5.69 Å². The van der Waals surface area contributed by atoms with Crippen LogP contribution in [0.2, 0.25) is 0 Å². The van der Waals surface area contributed by atoms with E-state index in [4.69, 9.17) is 0 Å². The molecule has 2 rings (SSSR count). The fraction of sp³-hybridized carbons (Fsp3) is 0.0909. The second-order valence-electron chi connectivity index (χ2n) is 2.91. The van der Waals surface area contributed by atoms with Crippen molar-refractivity contribution in [3.63, 3.8) is 0 Å². The average Bonchev–Trinajstić information content (AvgIpc) is 2.81. The molecule has 0 amide bonds. The summed E-state index contributed by atoms with van der Waals surface area (Å²) in [6.07, 6.45) is 3.62. The Morgan fingerprint density at radius 3 is 2.88 bits per heavy atom. The zero-order valence-electron chi connectivity index (χ0n) is 8.55. The first-order valence-electron chi connectivity index (χ1n) is 4.58. The Bertz CT molecular complexity index is 494. The summed E-state index contributed by atoms with van der Waals surface area (Å²) in [4.78, 5) is 8.43. The van der Waals surface area contributed by atoms with Gasteiger partial charge in [0.1, 0.15) is 21.6 Å². The molecule has 5 heteroatoms. The Hall–Kier alpha value is -1.20. The van der Waals surface area contributed by atoms with Crippen molar-refractivity contribution in [2.75, 3.05) is 6.26 Å². The zero-order chi connectivity index (χ0) is 11.4. The maximum Gasteiger partial charge on any atom is 0.148 e. The van der Waals surface area contributed by atoms with Gasteiger partial charge in [-0.25, -0.2) is 14.4 Å². The largest absolute Gasteiger partial charge is 0.242 e. The third-order valence-corrected chi connectivity index (χ3v) is 3.46. The van der Waals surface area contributed by atoms with E-state index in [1.165, 1.54) is 29.2 Å². The summed E-state index contributed by atoms with van der Waals surface area (Å²) in [5, 5.41) is 3.43. The summed E-state index contributed by atoms with van der Waals surface area (Å²) < 4.78 is 13.4. The molecule has 0 bridgehead atoms. The highest BCUT2D eigenvalue weighted by Crippen LogP contribution is 2.22. The molecule has 0 aliphatic rings. The number of benzene rings is 1. The quantitative estimate of drug-likeness (QED) is 0.601. The van der Waals surface area contributed by atoms with Crippen LogP contribution in [0.25, 0.3) is 0 Å². The van der Waals surface area contributed by atoms with Gasteiger partial charge in [-0.1, -0.05) is 12.1 Å². The summed E-state index contributed by atoms with van der Waals surface area (Å²) in [6.45, 7) is 0. The molecular weight excluding hydrogens is 243 g/mol. The molecule has 1 heterocycles. The van der Waals surface area contributed by atoms with Crippen LogP contribution in [0.3, 0.4) is 0 Å². The van der Waals surface area contributed by atoms with Crippen molar-refractivity contribution in [1.82, 2.24) is 4.98 Å². The van der Waals surface area contributed by atoms with Gasteiger partial charge >= 0.3 is 0 Å². The molecule has 1 aromatic heterocycles. The molecule has 16 heavy (non-hydrogen) atoms. The predicted octanol–water partition coefficient (Wildman–Crippen LogP) is 3.72. The molecule has 0 N–H and O–H groups in total.